The molecule has 1 aliphatic rings. The third-order valence-corrected chi connectivity index (χ3v) is 10.6. The second-order valence-electron chi connectivity index (χ2n) is 12.2. The summed E-state index contributed by atoms with van der Waals surface area (Å²) in [5, 5.41) is 13.5. The van der Waals surface area contributed by atoms with Gasteiger partial charge in [-0.25, -0.2) is 17.7 Å². The molecular weight excluding hydrogens is 755 g/mol. The highest BCUT2D eigenvalue weighted by Crippen LogP contribution is 2.53. The molecule has 0 aliphatic heterocycles. The molecule has 0 bridgehead atoms. The van der Waals surface area contributed by atoms with Crippen LogP contribution in [0.5, 0.6) is 0 Å². The van der Waals surface area contributed by atoms with Gasteiger partial charge in [0.1, 0.15) is 12.1 Å². The van der Waals surface area contributed by atoms with Crippen molar-refractivity contribution >= 4 is 48.4 Å². The summed E-state index contributed by atoms with van der Waals surface area (Å²) in [5.41, 5.74) is 0. The molecule has 21 nitrogen and oxygen atoms in total. The van der Waals surface area contributed by atoms with Crippen LogP contribution in [0.1, 0.15) is 58.3 Å². The molecule has 314 valence electrons. The van der Waals surface area contributed by atoms with E-state index in [0.717, 1.165) is 0 Å². The fourth-order valence-corrected chi connectivity index (χ4v) is 6.33. The maximum absolute atomic E-state index is 13.3. The highest BCUT2D eigenvalue weighted by Gasteiger charge is 2.32. The molecule has 11 N–H and O–H groups in total. The topological polar surface area (TPSA) is 305 Å². The lowest BCUT2D eigenvalue weighted by atomic mass is 9.86. The van der Waals surface area contributed by atoms with Crippen LogP contribution in [0.3, 0.4) is 0 Å². The summed E-state index contributed by atoms with van der Waals surface area (Å²) in [4.78, 5) is 78.5. The van der Waals surface area contributed by atoms with Crippen LogP contribution < -0.4 is 44.3 Å². The first kappa shape index (κ1) is 49.5. The fraction of sp³-hybridized carbons (Fsp3) is 0.839. The predicted octanol–water partition coefficient (Wildman–Crippen LogP) is -1.70. The van der Waals surface area contributed by atoms with Crippen LogP contribution in [0.15, 0.2) is 0 Å². The first-order chi connectivity index (χ1) is 26.0. The molecule has 23 heteroatoms. The standard InChI is InChI=1S/C31H61N8O13PS/c1-2-53(45,54)52-24-5-3-23(4-6-24)29(42)39-26(31(44)37-13-16-48-19-22-51-34)8-10-28(41)38-25(30(43)36-12-15-47-18-21-50-33)7-9-27(40)35-11-14-46-17-20-49-32/h23-26H,2-22,32-34H2,1H3,(H,35,40)(H,36,43)(H,37,44)(H,38,41)(H,39,42)(H,45,54)/t23-,24-,25?,26?,53?. The Bertz CT molecular complexity index is 1140. The number of nitrogens with one attached hydrogen (secondary N) is 5. The molecule has 1 rings (SSSR count). The largest absolute Gasteiger partial charge is 0.377 e. The second kappa shape index (κ2) is 30.7. The molecule has 54 heavy (non-hydrogen) atoms. The Morgan fingerprint density at radius 1 is 0.648 bits per heavy atom. The Morgan fingerprint density at radius 2 is 1.09 bits per heavy atom. The Kier molecular flexibility index (Phi) is 28.2. The van der Waals surface area contributed by atoms with E-state index in [1.165, 1.54) is 0 Å². The highest BCUT2D eigenvalue weighted by molar-refractivity contribution is 8.46. The zero-order valence-corrected chi connectivity index (χ0v) is 32.9. The van der Waals surface area contributed by atoms with Crippen molar-refractivity contribution in [3.8, 4) is 0 Å². The summed E-state index contributed by atoms with van der Waals surface area (Å²) < 4.78 is 33.8. The Hall–Kier alpha value is -2.47. The summed E-state index contributed by atoms with van der Waals surface area (Å²) in [6, 6.07) is -2.18. The summed E-state index contributed by atoms with van der Waals surface area (Å²) in [7, 11) is 0. The van der Waals surface area contributed by atoms with E-state index < -0.39 is 42.3 Å². The first-order valence-electron chi connectivity index (χ1n) is 18.1. The normalized spacial score (nSPS) is 17.8. The van der Waals surface area contributed by atoms with Crippen LogP contribution in [0.4, 0.5) is 0 Å². The fourth-order valence-electron chi connectivity index (χ4n) is 5.10. The van der Waals surface area contributed by atoms with Crippen molar-refractivity contribution in [2.75, 3.05) is 85.3 Å². The van der Waals surface area contributed by atoms with E-state index >= 15 is 0 Å². The second-order valence-corrected chi connectivity index (χ2v) is 16.1. The van der Waals surface area contributed by atoms with Crippen molar-refractivity contribution in [3.05, 3.63) is 0 Å². The minimum Gasteiger partial charge on any atom is -0.377 e. The van der Waals surface area contributed by atoms with Crippen LogP contribution in [0.25, 0.3) is 0 Å². The molecule has 0 spiro atoms. The number of hydrogen-bond donors (Lipinski definition) is 9. The summed E-state index contributed by atoms with van der Waals surface area (Å²) in [6.45, 7) is 0.927. The van der Waals surface area contributed by atoms with Crippen LogP contribution in [0, 0.1) is 5.92 Å². The van der Waals surface area contributed by atoms with Crippen LogP contribution >= 0.6 is 18.8 Å². The molecular formula is C31H61N8O13PS. The number of thiol groups is 1. The predicted molar refractivity (Wildman–Crippen MR) is 198 cm³/mol. The van der Waals surface area contributed by atoms with Gasteiger partial charge in [0.05, 0.1) is 65.6 Å². The third kappa shape index (κ3) is 24.1. The van der Waals surface area contributed by atoms with Gasteiger partial charge in [-0.1, -0.05) is 19.2 Å². The van der Waals surface area contributed by atoms with Crippen molar-refractivity contribution in [2.24, 2.45) is 23.6 Å². The van der Waals surface area contributed by atoms with Crippen LogP contribution in [0.2, 0.25) is 0 Å². The van der Waals surface area contributed by atoms with Gasteiger partial charge in [-0.2, -0.15) is 0 Å². The lowest BCUT2D eigenvalue weighted by Crippen LogP contribution is -2.51. The Morgan fingerprint density at radius 3 is 1.56 bits per heavy atom. The number of ether oxygens (including phenoxy) is 3. The molecule has 0 heterocycles. The molecule has 5 amide bonds. The third-order valence-electron chi connectivity index (χ3n) is 8.06. The van der Waals surface area contributed by atoms with Gasteiger partial charge in [0.2, 0.25) is 29.5 Å². The van der Waals surface area contributed by atoms with Crippen LogP contribution in [-0.4, -0.2) is 133 Å². The minimum atomic E-state index is -3.00. The maximum atomic E-state index is 13.3. The summed E-state index contributed by atoms with van der Waals surface area (Å²) in [5.74, 6) is 12.1. The number of carbonyl (C=O) groups excluding carboxylic acids is 5. The quantitative estimate of drug-likeness (QED) is 0.0158. The smallest absolute Gasteiger partial charge is 0.254 e. The molecule has 1 saturated carbocycles. The van der Waals surface area contributed by atoms with E-state index in [1.54, 1.807) is 6.92 Å². The number of nitrogens with two attached hydrogens (primary N) is 3. The first-order valence-corrected chi connectivity index (χ1v) is 21.0. The average molecular weight is 817 g/mol. The van der Waals surface area contributed by atoms with Crippen molar-refractivity contribution in [2.45, 2.75) is 76.5 Å². The number of amides is 5. The van der Waals surface area contributed by atoms with Crippen LogP contribution in [-0.2, 0) is 61.8 Å². The van der Waals surface area contributed by atoms with E-state index in [2.05, 4.69) is 53.3 Å². The van der Waals surface area contributed by atoms with Gasteiger partial charge < -0.3 is 59.8 Å². The Labute approximate surface area is 321 Å². The monoisotopic (exact) mass is 816 g/mol. The van der Waals surface area contributed by atoms with E-state index in [-0.39, 0.29) is 129 Å². The van der Waals surface area contributed by atoms with Crippen molar-refractivity contribution in [3.63, 3.8) is 0 Å². The molecule has 0 aromatic heterocycles. The molecule has 0 aromatic rings. The minimum absolute atomic E-state index is 0.0314. The summed E-state index contributed by atoms with van der Waals surface area (Å²) in [6.07, 6.45) is 1.46. The Balaban J connectivity index is 2.86. The molecule has 1 aliphatic carbocycles. The van der Waals surface area contributed by atoms with Gasteiger partial charge in [0.25, 0.3) is 6.57 Å². The van der Waals surface area contributed by atoms with E-state index in [9.17, 15) is 28.5 Å². The molecule has 0 radical (unpaired) electrons. The van der Waals surface area contributed by atoms with E-state index in [0.29, 0.717) is 25.7 Å². The van der Waals surface area contributed by atoms with Gasteiger partial charge >= 0.3 is 0 Å². The molecule has 0 aromatic carbocycles. The van der Waals surface area contributed by atoms with Crippen molar-refractivity contribution in [1.82, 2.24) is 26.6 Å². The SMILES string of the molecule is CCP(=O)(S)O[C@H]1CC[C@H](C(=O)NC(CCC(=O)NC(CCC(=O)NCCOCCON)C(=O)NCCOCCON)C(=O)NCCOCCON)CC1. The number of rotatable bonds is 32. The average Bonchev–Trinajstić information content (AvgIpc) is 3.15. The number of hydrogen-bond acceptors (Lipinski definition) is 16. The van der Waals surface area contributed by atoms with Gasteiger partial charge in [0.15, 0.2) is 0 Å². The zero-order valence-electron chi connectivity index (χ0n) is 31.1. The van der Waals surface area contributed by atoms with E-state index in [1.807, 2.05) is 0 Å². The number of carbonyl (C=O) groups is 5. The van der Waals surface area contributed by atoms with E-state index in [4.69, 9.17) is 36.4 Å². The molecule has 0 saturated heterocycles. The van der Waals surface area contributed by atoms with Crippen molar-refractivity contribution < 1.29 is 61.8 Å². The maximum Gasteiger partial charge on any atom is 0.254 e. The highest BCUT2D eigenvalue weighted by atomic mass is 32.7. The summed E-state index contributed by atoms with van der Waals surface area (Å²) >= 11 is 4.12. The lowest BCUT2D eigenvalue weighted by Gasteiger charge is -2.30. The lowest BCUT2D eigenvalue weighted by molar-refractivity contribution is -0.133. The van der Waals surface area contributed by atoms with Crippen molar-refractivity contribution in [1.29, 1.82) is 0 Å². The molecule has 3 atom stereocenters. The zero-order chi connectivity index (χ0) is 40.0. The molecule has 3 unspecified atom stereocenters. The van der Waals surface area contributed by atoms with Gasteiger partial charge in [-0.3, -0.25) is 28.5 Å². The van der Waals surface area contributed by atoms with Gasteiger partial charge in [-0.05, 0) is 38.5 Å². The molecule has 1 fully saturated rings. The van der Waals surface area contributed by atoms with Gasteiger partial charge in [-0.15, -0.1) is 0 Å². The van der Waals surface area contributed by atoms with Gasteiger partial charge in [0, 0.05) is 44.6 Å².